The lowest BCUT2D eigenvalue weighted by molar-refractivity contribution is -0.114. The predicted octanol–water partition coefficient (Wildman–Crippen LogP) is 3.55. The van der Waals surface area contributed by atoms with Crippen molar-refractivity contribution in [3.63, 3.8) is 0 Å². The standard InChI is InChI=1S/C23H20N4O4/c1-13(28)26-16-10-11-18(20(12-16)23(30)31)17-4-2-3-5-19(17)22(29)27-15-8-6-14(7-9-15)21(24)25/h2-12H,1H3,(H3,24,25)(H,26,28)(H,27,29)(H,30,31). The van der Waals surface area contributed by atoms with E-state index in [1.807, 2.05) is 0 Å². The number of amidine groups is 1. The second kappa shape index (κ2) is 8.91. The molecule has 0 fully saturated rings. The van der Waals surface area contributed by atoms with Gasteiger partial charge in [-0.3, -0.25) is 15.0 Å². The second-order valence-electron chi connectivity index (χ2n) is 6.74. The zero-order valence-electron chi connectivity index (χ0n) is 16.6. The van der Waals surface area contributed by atoms with E-state index in [1.165, 1.54) is 13.0 Å². The van der Waals surface area contributed by atoms with Gasteiger partial charge in [-0.05, 0) is 53.6 Å². The highest BCUT2D eigenvalue weighted by Gasteiger charge is 2.19. The molecule has 0 saturated heterocycles. The molecule has 3 rings (SSSR count). The first kappa shape index (κ1) is 21.3. The molecule has 0 saturated carbocycles. The molecule has 2 amide bonds. The van der Waals surface area contributed by atoms with Gasteiger partial charge in [-0.25, -0.2) is 4.79 Å². The number of hydrogen-bond acceptors (Lipinski definition) is 4. The van der Waals surface area contributed by atoms with Crippen molar-refractivity contribution >= 4 is 35.0 Å². The third-order valence-electron chi connectivity index (χ3n) is 4.49. The highest BCUT2D eigenvalue weighted by molar-refractivity contribution is 6.10. The van der Waals surface area contributed by atoms with Crippen molar-refractivity contribution in [3.05, 3.63) is 83.4 Å². The summed E-state index contributed by atoms with van der Waals surface area (Å²) in [4.78, 5) is 36.1. The fraction of sp³-hybridized carbons (Fsp3) is 0.0435. The minimum absolute atomic E-state index is 0.0442. The van der Waals surface area contributed by atoms with E-state index < -0.39 is 11.9 Å². The maximum atomic E-state index is 12.9. The van der Waals surface area contributed by atoms with Crippen LogP contribution >= 0.6 is 0 Å². The highest BCUT2D eigenvalue weighted by atomic mass is 16.4. The third-order valence-corrected chi connectivity index (χ3v) is 4.49. The van der Waals surface area contributed by atoms with Gasteiger partial charge in [0.2, 0.25) is 5.91 Å². The Morgan fingerprint density at radius 3 is 2.06 bits per heavy atom. The van der Waals surface area contributed by atoms with Crippen LogP contribution in [0.4, 0.5) is 11.4 Å². The topological polar surface area (TPSA) is 145 Å². The van der Waals surface area contributed by atoms with E-state index in [9.17, 15) is 19.5 Å². The minimum Gasteiger partial charge on any atom is -0.478 e. The Morgan fingerprint density at radius 2 is 1.45 bits per heavy atom. The molecular formula is C23H20N4O4. The molecule has 0 unspecified atom stereocenters. The summed E-state index contributed by atoms with van der Waals surface area (Å²) in [6.45, 7) is 1.33. The van der Waals surface area contributed by atoms with Crippen molar-refractivity contribution in [1.82, 2.24) is 0 Å². The maximum absolute atomic E-state index is 12.9. The molecule has 6 N–H and O–H groups in total. The number of carbonyl (C=O) groups excluding carboxylic acids is 2. The average molecular weight is 416 g/mol. The molecule has 0 spiro atoms. The van der Waals surface area contributed by atoms with Crippen LogP contribution in [0.2, 0.25) is 0 Å². The quantitative estimate of drug-likeness (QED) is 0.308. The Kier molecular flexibility index (Phi) is 6.11. The van der Waals surface area contributed by atoms with Crippen molar-refractivity contribution in [1.29, 1.82) is 5.41 Å². The number of nitrogen functional groups attached to an aromatic ring is 1. The van der Waals surface area contributed by atoms with Gasteiger partial charge in [0, 0.05) is 29.4 Å². The number of aromatic carboxylic acids is 1. The molecule has 31 heavy (non-hydrogen) atoms. The zero-order chi connectivity index (χ0) is 22.5. The fourth-order valence-corrected chi connectivity index (χ4v) is 3.08. The van der Waals surface area contributed by atoms with Gasteiger partial charge < -0.3 is 21.5 Å². The first-order valence-corrected chi connectivity index (χ1v) is 9.26. The molecule has 8 heteroatoms. The SMILES string of the molecule is CC(=O)Nc1ccc(-c2ccccc2C(=O)Nc2ccc(C(=N)N)cc2)c(C(=O)O)c1. The summed E-state index contributed by atoms with van der Waals surface area (Å²) in [7, 11) is 0. The number of rotatable bonds is 6. The molecule has 3 aromatic rings. The third kappa shape index (κ3) is 4.94. The number of nitrogens with one attached hydrogen (secondary N) is 3. The number of carbonyl (C=O) groups is 3. The van der Waals surface area contributed by atoms with Gasteiger partial charge in [0.25, 0.3) is 5.91 Å². The van der Waals surface area contributed by atoms with Crippen molar-refractivity contribution < 1.29 is 19.5 Å². The van der Waals surface area contributed by atoms with Crippen LogP contribution in [0.25, 0.3) is 11.1 Å². The van der Waals surface area contributed by atoms with Gasteiger partial charge in [0.05, 0.1) is 5.56 Å². The molecule has 0 bridgehead atoms. The molecular weight excluding hydrogens is 396 g/mol. The molecule has 8 nitrogen and oxygen atoms in total. The first-order chi connectivity index (χ1) is 14.8. The summed E-state index contributed by atoms with van der Waals surface area (Å²) in [5.41, 5.74) is 7.85. The van der Waals surface area contributed by atoms with Crippen LogP contribution in [-0.2, 0) is 4.79 Å². The van der Waals surface area contributed by atoms with E-state index in [0.29, 0.717) is 28.1 Å². The molecule has 0 aliphatic rings. The van der Waals surface area contributed by atoms with Gasteiger partial charge >= 0.3 is 5.97 Å². The molecule has 156 valence electrons. The van der Waals surface area contributed by atoms with Crippen LogP contribution < -0.4 is 16.4 Å². The lowest BCUT2D eigenvalue weighted by Gasteiger charge is -2.14. The van der Waals surface area contributed by atoms with Crippen LogP contribution in [0.1, 0.15) is 33.2 Å². The Morgan fingerprint density at radius 1 is 0.839 bits per heavy atom. The molecule has 3 aromatic carbocycles. The normalized spacial score (nSPS) is 10.2. The predicted molar refractivity (Wildman–Crippen MR) is 119 cm³/mol. The smallest absolute Gasteiger partial charge is 0.336 e. The monoisotopic (exact) mass is 416 g/mol. The van der Waals surface area contributed by atoms with Gasteiger partial charge in [-0.1, -0.05) is 24.3 Å². The molecule has 0 atom stereocenters. The van der Waals surface area contributed by atoms with Crippen LogP contribution in [0.3, 0.4) is 0 Å². The number of hydrogen-bond donors (Lipinski definition) is 5. The summed E-state index contributed by atoms with van der Waals surface area (Å²) in [5, 5.41) is 22.4. The summed E-state index contributed by atoms with van der Waals surface area (Å²) in [6.07, 6.45) is 0. The van der Waals surface area contributed by atoms with Gasteiger partial charge in [0.1, 0.15) is 5.84 Å². The lowest BCUT2D eigenvalue weighted by atomic mass is 9.94. The Balaban J connectivity index is 1.98. The lowest BCUT2D eigenvalue weighted by Crippen LogP contribution is -2.15. The van der Waals surface area contributed by atoms with Crippen LogP contribution in [0.5, 0.6) is 0 Å². The summed E-state index contributed by atoms with van der Waals surface area (Å²) >= 11 is 0. The molecule has 0 aliphatic heterocycles. The summed E-state index contributed by atoms with van der Waals surface area (Å²) in [6, 6.07) is 17.6. The van der Waals surface area contributed by atoms with E-state index in [0.717, 1.165) is 0 Å². The Bertz CT molecular complexity index is 1190. The largest absolute Gasteiger partial charge is 0.478 e. The number of carboxylic acid groups (broad SMARTS) is 1. The Hall–Kier alpha value is -4.46. The number of amides is 2. The average Bonchev–Trinajstić information content (AvgIpc) is 2.73. The van der Waals surface area contributed by atoms with Crippen molar-refractivity contribution in [2.24, 2.45) is 5.73 Å². The van der Waals surface area contributed by atoms with Gasteiger partial charge in [-0.2, -0.15) is 0 Å². The maximum Gasteiger partial charge on any atom is 0.336 e. The van der Waals surface area contributed by atoms with E-state index in [4.69, 9.17) is 11.1 Å². The molecule has 0 aromatic heterocycles. The molecule has 0 aliphatic carbocycles. The summed E-state index contributed by atoms with van der Waals surface area (Å²) < 4.78 is 0. The van der Waals surface area contributed by atoms with Gasteiger partial charge in [-0.15, -0.1) is 0 Å². The first-order valence-electron chi connectivity index (χ1n) is 9.26. The van der Waals surface area contributed by atoms with E-state index >= 15 is 0 Å². The highest BCUT2D eigenvalue weighted by Crippen LogP contribution is 2.30. The van der Waals surface area contributed by atoms with Crippen LogP contribution in [0, 0.1) is 5.41 Å². The van der Waals surface area contributed by atoms with E-state index in [2.05, 4.69) is 10.6 Å². The summed E-state index contributed by atoms with van der Waals surface area (Å²) in [5.74, 6) is -2.00. The molecule has 0 heterocycles. The number of benzene rings is 3. The zero-order valence-corrected chi connectivity index (χ0v) is 16.6. The fourth-order valence-electron chi connectivity index (χ4n) is 3.08. The molecule has 0 radical (unpaired) electrons. The van der Waals surface area contributed by atoms with Crippen LogP contribution in [-0.4, -0.2) is 28.7 Å². The van der Waals surface area contributed by atoms with Gasteiger partial charge in [0.15, 0.2) is 0 Å². The second-order valence-corrected chi connectivity index (χ2v) is 6.74. The van der Waals surface area contributed by atoms with Crippen molar-refractivity contribution in [3.8, 4) is 11.1 Å². The van der Waals surface area contributed by atoms with E-state index in [-0.39, 0.29) is 22.9 Å². The van der Waals surface area contributed by atoms with E-state index in [1.54, 1.807) is 60.7 Å². The van der Waals surface area contributed by atoms with Crippen LogP contribution in [0.15, 0.2) is 66.7 Å². The Labute approximate surface area is 178 Å². The van der Waals surface area contributed by atoms with Crippen molar-refractivity contribution in [2.75, 3.05) is 10.6 Å². The van der Waals surface area contributed by atoms with Crippen molar-refractivity contribution in [2.45, 2.75) is 6.92 Å². The number of nitrogens with two attached hydrogens (primary N) is 1. The number of anilines is 2. The minimum atomic E-state index is -1.18. The number of carboxylic acids is 1.